The number of alkyl halides is 3. The number of fused-ring (bicyclic) bond motifs is 9. The van der Waals surface area contributed by atoms with Crippen LogP contribution < -0.4 is 24.3 Å². The summed E-state index contributed by atoms with van der Waals surface area (Å²) in [5.41, 5.74) is 3.81. The van der Waals surface area contributed by atoms with E-state index in [-0.39, 0.29) is 31.1 Å². The van der Waals surface area contributed by atoms with Gasteiger partial charge in [-0.15, -0.1) is 11.8 Å². The van der Waals surface area contributed by atoms with E-state index in [1.807, 2.05) is 24.9 Å². The molecule has 1 unspecified atom stereocenters. The van der Waals surface area contributed by atoms with Gasteiger partial charge < -0.3 is 38.8 Å². The first-order chi connectivity index (χ1) is 23.8. The summed E-state index contributed by atoms with van der Waals surface area (Å²) < 4.78 is 74.9. The van der Waals surface area contributed by atoms with Crippen LogP contribution >= 0.6 is 11.8 Å². The van der Waals surface area contributed by atoms with Crippen LogP contribution in [0.5, 0.6) is 28.7 Å². The second-order valence-corrected chi connectivity index (χ2v) is 14.0. The Balaban J connectivity index is 1.48. The molecule has 7 rings (SSSR count). The molecule has 268 valence electrons. The molecule has 5 heterocycles. The number of phenols is 1. The van der Waals surface area contributed by atoms with E-state index in [0.29, 0.717) is 46.1 Å². The number of esters is 1. The third-order valence-electron chi connectivity index (χ3n) is 10.3. The first-order valence-electron chi connectivity index (χ1n) is 15.9. The van der Waals surface area contributed by atoms with Crippen LogP contribution in [0.3, 0.4) is 0 Å². The maximum atomic E-state index is 13.4. The van der Waals surface area contributed by atoms with Gasteiger partial charge in [0, 0.05) is 47.2 Å². The van der Waals surface area contributed by atoms with Crippen LogP contribution in [-0.2, 0) is 25.5 Å². The van der Waals surface area contributed by atoms with Crippen molar-refractivity contribution in [1.29, 1.82) is 5.26 Å². The van der Waals surface area contributed by atoms with Gasteiger partial charge in [-0.25, -0.2) is 4.79 Å². The summed E-state index contributed by atoms with van der Waals surface area (Å²) in [4.78, 5) is 29.5. The number of benzene rings is 2. The molecule has 0 radical (unpaired) electrons. The van der Waals surface area contributed by atoms with Crippen LogP contribution in [0.1, 0.15) is 50.7 Å². The number of ether oxygens (including phenoxy) is 6. The number of aromatic hydroxyl groups is 1. The lowest BCUT2D eigenvalue weighted by molar-refractivity contribution is -0.176. The van der Waals surface area contributed by atoms with Crippen molar-refractivity contribution in [3.8, 4) is 34.8 Å². The number of hydrogen-bond donors (Lipinski definition) is 2. The number of thioether (sulfide) groups is 1. The average Bonchev–Trinajstić information content (AvgIpc) is 3.56. The number of halogens is 3. The van der Waals surface area contributed by atoms with Gasteiger partial charge in [0.25, 0.3) is 0 Å². The van der Waals surface area contributed by atoms with E-state index in [9.17, 15) is 33.1 Å². The van der Waals surface area contributed by atoms with Crippen LogP contribution in [-0.4, -0.2) is 104 Å². The summed E-state index contributed by atoms with van der Waals surface area (Å²) >= 11 is 1.08. The van der Waals surface area contributed by atoms with Gasteiger partial charge in [-0.2, -0.15) is 18.4 Å². The molecular weight excluding hydrogens is 685 g/mol. The van der Waals surface area contributed by atoms with Crippen molar-refractivity contribution < 1.29 is 56.3 Å². The number of piperazine rings is 1. The molecule has 50 heavy (non-hydrogen) atoms. The van der Waals surface area contributed by atoms with E-state index in [1.54, 1.807) is 12.2 Å². The fraction of sp³-hybridized carbons (Fsp3) is 0.545. The Labute approximate surface area is 289 Å². The predicted octanol–water partition coefficient (Wildman–Crippen LogP) is 3.34. The highest BCUT2D eigenvalue weighted by Gasteiger charge is 2.61. The maximum Gasteiger partial charge on any atom is 0.471 e. The highest BCUT2D eigenvalue weighted by molar-refractivity contribution is 7.99. The van der Waals surface area contributed by atoms with E-state index >= 15 is 0 Å². The number of hydrogen-bond acceptors (Lipinski definition) is 13. The Kier molecular flexibility index (Phi) is 8.64. The smallest absolute Gasteiger partial charge is 0.471 e. The first kappa shape index (κ1) is 34.3. The second kappa shape index (κ2) is 12.6. The number of cyclic esters (lactones) is 1. The Hall–Kier alpha value is -4.11. The monoisotopic (exact) mass is 720 g/mol. The topological polar surface area (TPSA) is 152 Å². The Morgan fingerprint density at radius 2 is 1.90 bits per heavy atom. The van der Waals surface area contributed by atoms with E-state index in [4.69, 9.17) is 28.4 Å². The fourth-order valence-corrected chi connectivity index (χ4v) is 9.80. The number of likely N-dealkylation sites (N-methyl/N-ethyl adjacent to an activating group) is 1. The van der Waals surface area contributed by atoms with Gasteiger partial charge in [0.05, 0.1) is 30.5 Å². The molecular formula is C33H35F3N4O9S. The standard InChI is InChI=1S/C33H35F3N4O9S/c1-13-6-15-7-17-18(8-37)40-19-9-46-31(42)16(38-32(43)33(34,35)36)10-50-30(22-21(19)29-27(48-12-49-29)14(2)25(22)41)24(40)23(39(17)3)20(15)28(26(13)45-5)47-11-44-4/h6,16-19,23-24,30,41H,7,9-12H2,1-5H3,(H,38,43)/t16-,17-,18-,19-,23+,24?,30+/m0/s1. The van der Waals surface area contributed by atoms with Gasteiger partial charge in [-0.05, 0) is 38.4 Å². The average molecular weight is 721 g/mol. The Morgan fingerprint density at radius 3 is 2.58 bits per heavy atom. The summed E-state index contributed by atoms with van der Waals surface area (Å²) in [6.45, 7) is 2.92. The molecule has 5 aliphatic rings. The number of aryl methyl sites for hydroxylation is 1. The summed E-state index contributed by atoms with van der Waals surface area (Å²) in [6, 6.07) is -0.387. The summed E-state index contributed by atoms with van der Waals surface area (Å²) in [5, 5.41) is 23.8. The number of phenolic OH excluding ortho intramolecular Hbond substituents is 1. The molecule has 0 saturated carbocycles. The van der Waals surface area contributed by atoms with E-state index in [2.05, 4.69) is 11.0 Å². The molecule has 2 N–H and O–H groups in total. The maximum absolute atomic E-state index is 13.4. The number of methoxy groups -OCH3 is 2. The molecule has 17 heteroatoms. The number of nitrogens with zero attached hydrogens (tertiary/aromatic N) is 3. The van der Waals surface area contributed by atoms with Crippen molar-refractivity contribution in [2.24, 2.45) is 0 Å². The van der Waals surface area contributed by atoms with Crippen LogP contribution in [0.15, 0.2) is 6.07 Å². The Bertz CT molecular complexity index is 1800. The number of nitrogens with one attached hydrogen (secondary N) is 1. The highest BCUT2D eigenvalue weighted by Crippen LogP contribution is 2.63. The molecule has 2 saturated heterocycles. The third kappa shape index (κ3) is 5.09. The minimum Gasteiger partial charge on any atom is -0.507 e. The predicted molar refractivity (Wildman–Crippen MR) is 169 cm³/mol. The van der Waals surface area contributed by atoms with Crippen LogP contribution in [0.4, 0.5) is 13.2 Å². The molecule has 5 aliphatic heterocycles. The van der Waals surface area contributed by atoms with Crippen molar-refractivity contribution in [1.82, 2.24) is 15.1 Å². The summed E-state index contributed by atoms with van der Waals surface area (Å²) in [5.74, 6) is -2.20. The molecule has 7 atom stereocenters. The molecule has 1 amide bonds. The molecule has 0 aliphatic carbocycles. The Morgan fingerprint density at radius 1 is 1.16 bits per heavy atom. The van der Waals surface area contributed by atoms with Crippen molar-refractivity contribution in [2.75, 3.05) is 47.2 Å². The molecule has 2 aromatic carbocycles. The van der Waals surface area contributed by atoms with Crippen molar-refractivity contribution in [3.05, 3.63) is 39.4 Å². The zero-order chi connectivity index (χ0) is 35.8. The van der Waals surface area contributed by atoms with Gasteiger partial charge in [0.1, 0.15) is 24.4 Å². The third-order valence-corrected chi connectivity index (χ3v) is 11.7. The minimum absolute atomic E-state index is 0.0923. The molecule has 13 nitrogen and oxygen atoms in total. The van der Waals surface area contributed by atoms with Gasteiger partial charge in [-0.3, -0.25) is 14.6 Å². The normalized spacial score (nSPS) is 28.5. The van der Waals surface area contributed by atoms with Gasteiger partial charge in [0.15, 0.2) is 29.8 Å². The quantitative estimate of drug-likeness (QED) is 0.344. The molecule has 2 aromatic rings. The van der Waals surface area contributed by atoms with Crippen LogP contribution in [0, 0.1) is 25.2 Å². The molecule has 0 spiro atoms. The summed E-state index contributed by atoms with van der Waals surface area (Å²) in [6.07, 6.45) is -4.78. The minimum atomic E-state index is -5.24. The number of nitriles is 1. The van der Waals surface area contributed by atoms with Crippen molar-refractivity contribution in [2.45, 2.75) is 67.9 Å². The molecule has 2 fully saturated rings. The number of carbonyl (C=O) groups is 2. The van der Waals surface area contributed by atoms with Gasteiger partial charge >= 0.3 is 18.1 Å². The molecule has 4 bridgehead atoms. The van der Waals surface area contributed by atoms with E-state index < -0.39 is 60.1 Å². The molecule has 0 aromatic heterocycles. The first-order valence-corrected chi connectivity index (χ1v) is 16.9. The number of amides is 1. The van der Waals surface area contributed by atoms with Crippen molar-refractivity contribution >= 4 is 23.6 Å². The lowest BCUT2D eigenvalue weighted by Crippen LogP contribution is -2.69. The fourth-order valence-electron chi connectivity index (χ4n) is 8.29. The van der Waals surface area contributed by atoms with E-state index in [0.717, 1.165) is 28.5 Å². The van der Waals surface area contributed by atoms with Gasteiger partial charge in [0.2, 0.25) is 6.79 Å². The second-order valence-electron chi connectivity index (χ2n) is 12.9. The van der Waals surface area contributed by atoms with Gasteiger partial charge in [-0.1, -0.05) is 6.07 Å². The summed E-state index contributed by atoms with van der Waals surface area (Å²) in [7, 11) is 4.93. The lowest BCUT2D eigenvalue weighted by Gasteiger charge is -2.61. The zero-order valence-electron chi connectivity index (χ0n) is 27.8. The highest BCUT2D eigenvalue weighted by atomic mass is 32.2. The lowest BCUT2D eigenvalue weighted by atomic mass is 9.71. The van der Waals surface area contributed by atoms with Crippen LogP contribution in [0.2, 0.25) is 0 Å². The number of carbonyl (C=O) groups excluding carboxylic acids is 2. The zero-order valence-corrected chi connectivity index (χ0v) is 28.6. The largest absolute Gasteiger partial charge is 0.507 e. The van der Waals surface area contributed by atoms with Crippen molar-refractivity contribution in [3.63, 3.8) is 0 Å². The van der Waals surface area contributed by atoms with Crippen LogP contribution in [0.25, 0.3) is 0 Å². The van der Waals surface area contributed by atoms with E-state index in [1.165, 1.54) is 14.2 Å². The SMILES string of the molecule is COCOc1c(OC)c(C)cc2c1[C@@H]1C3[C@@H]4SC[C@H](NC(=O)C(F)(F)F)C(=O)OC[C@@H](c5c6c(c(C)c(O)c54)OCO6)N3[C@@H](C#N)[C@H](C2)N1C. The number of rotatable bonds is 5.